The highest BCUT2D eigenvalue weighted by Crippen LogP contribution is 2.36. The summed E-state index contributed by atoms with van der Waals surface area (Å²) in [6, 6.07) is 21.1. The van der Waals surface area contributed by atoms with E-state index in [1.54, 1.807) is 17.0 Å². The molecule has 0 spiro atoms. The maximum atomic E-state index is 13.3. The van der Waals surface area contributed by atoms with Crippen LogP contribution >= 0.6 is 35.0 Å². The van der Waals surface area contributed by atoms with E-state index in [0.29, 0.717) is 39.0 Å². The highest BCUT2D eigenvalue weighted by molar-refractivity contribution is 8.18. The fourth-order valence-electron chi connectivity index (χ4n) is 3.50. The molecular formula is C28H26Cl2N2O2S. The van der Waals surface area contributed by atoms with E-state index < -0.39 is 0 Å². The van der Waals surface area contributed by atoms with Gasteiger partial charge >= 0.3 is 0 Å². The molecule has 0 saturated carbocycles. The van der Waals surface area contributed by atoms with Gasteiger partial charge in [-0.3, -0.25) is 9.69 Å². The van der Waals surface area contributed by atoms with Crippen LogP contribution in [0.25, 0.3) is 6.08 Å². The molecule has 1 amide bonds. The van der Waals surface area contributed by atoms with Crippen molar-refractivity contribution in [1.29, 1.82) is 0 Å². The lowest BCUT2D eigenvalue weighted by atomic mass is 10.1. The first kappa shape index (κ1) is 25.4. The molecular weight excluding hydrogens is 499 g/mol. The first-order valence-electron chi connectivity index (χ1n) is 11.5. The van der Waals surface area contributed by atoms with Crippen LogP contribution in [0, 0.1) is 6.92 Å². The summed E-state index contributed by atoms with van der Waals surface area (Å²) in [5.74, 6) is 0.650. The predicted molar refractivity (Wildman–Crippen MR) is 148 cm³/mol. The fraction of sp³-hybridized carbons (Fsp3) is 0.214. The fourth-order valence-corrected chi connectivity index (χ4v) is 4.83. The molecule has 35 heavy (non-hydrogen) atoms. The van der Waals surface area contributed by atoms with E-state index in [0.717, 1.165) is 29.7 Å². The number of aliphatic imine (C=N–C) groups is 1. The Morgan fingerprint density at radius 2 is 1.80 bits per heavy atom. The highest BCUT2D eigenvalue weighted by atomic mass is 35.5. The first-order chi connectivity index (χ1) is 16.9. The topological polar surface area (TPSA) is 41.9 Å². The molecule has 0 aromatic heterocycles. The smallest absolute Gasteiger partial charge is 0.266 e. The van der Waals surface area contributed by atoms with Gasteiger partial charge in [0.25, 0.3) is 5.91 Å². The zero-order valence-electron chi connectivity index (χ0n) is 19.6. The molecule has 180 valence electrons. The molecule has 0 N–H and O–H groups in total. The number of hydrogen-bond donors (Lipinski definition) is 0. The minimum Gasteiger partial charge on any atom is -0.488 e. The van der Waals surface area contributed by atoms with Crippen LogP contribution in [0.3, 0.4) is 0 Å². The van der Waals surface area contributed by atoms with Crippen molar-refractivity contribution in [2.75, 3.05) is 6.54 Å². The van der Waals surface area contributed by atoms with E-state index in [4.69, 9.17) is 32.9 Å². The number of unbranched alkanes of at least 4 members (excludes halogenated alkanes) is 1. The number of carbonyl (C=O) groups is 1. The molecule has 1 saturated heterocycles. The van der Waals surface area contributed by atoms with E-state index in [1.165, 1.54) is 17.3 Å². The maximum Gasteiger partial charge on any atom is 0.266 e. The number of benzene rings is 3. The third-order valence-corrected chi connectivity index (χ3v) is 7.21. The van der Waals surface area contributed by atoms with Crippen molar-refractivity contribution in [3.05, 3.63) is 98.4 Å². The Labute approximate surface area is 220 Å². The van der Waals surface area contributed by atoms with Gasteiger partial charge in [-0.1, -0.05) is 78.5 Å². The van der Waals surface area contributed by atoms with Gasteiger partial charge in [0, 0.05) is 12.1 Å². The van der Waals surface area contributed by atoms with Crippen LogP contribution in [0.2, 0.25) is 10.0 Å². The first-order valence-corrected chi connectivity index (χ1v) is 13.0. The molecule has 0 atom stereocenters. The average Bonchev–Trinajstić information content (AvgIpc) is 3.14. The number of thioether (sulfide) groups is 1. The molecule has 3 aromatic rings. The van der Waals surface area contributed by atoms with E-state index in [1.807, 2.05) is 67.6 Å². The second-order valence-electron chi connectivity index (χ2n) is 8.23. The summed E-state index contributed by atoms with van der Waals surface area (Å²) in [5.41, 5.74) is 3.74. The predicted octanol–water partition coefficient (Wildman–Crippen LogP) is 8.28. The molecule has 7 heteroatoms. The molecule has 3 aromatic carbocycles. The molecule has 1 aliphatic heterocycles. The van der Waals surface area contributed by atoms with E-state index >= 15 is 0 Å². The number of rotatable bonds is 8. The van der Waals surface area contributed by atoms with Gasteiger partial charge in [0.2, 0.25) is 0 Å². The quantitative estimate of drug-likeness (QED) is 0.278. The highest BCUT2D eigenvalue weighted by Gasteiger charge is 2.33. The summed E-state index contributed by atoms with van der Waals surface area (Å²) in [6.45, 7) is 5.13. The van der Waals surface area contributed by atoms with Crippen molar-refractivity contribution in [1.82, 2.24) is 4.90 Å². The molecule has 1 fully saturated rings. The molecule has 4 nitrogen and oxygen atoms in total. The summed E-state index contributed by atoms with van der Waals surface area (Å²) in [5, 5.41) is 1.70. The lowest BCUT2D eigenvalue weighted by molar-refractivity contribution is -0.122. The Hall–Kier alpha value is -2.73. The number of nitrogens with zero attached hydrogens (tertiary/aromatic N) is 2. The zero-order valence-corrected chi connectivity index (χ0v) is 22.0. The van der Waals surface area contributed by atoms with E-state index in [-0.39, 0.29) is 5.91 Å². The van der Waals surface area contributed by atoms with Gasteiger partial charge in [-0.2, -0.15) is 0 Å². The zero-order chi connectivity index (χ0) is 24.8. The number of halogens is 2. The van der Waals surface area contributed by atoms with Crippen molar-refractivity contribution >= 4 is 57.8 Å². The monoisotopic (exact) mass is 524 g/mol. The number of hydrogen-bond acceptors (Lipinski definition) is 4. The maximum absolute atomic E-state index is 13.3. The van der Waals surface area contributed by atoms with Gasteiger partial charge in [-0.15, -0.1) is 0 Å². The molecule has 0 unspecified atom stereocenters. The Morgan fingerprint density at radius 1 is 1.03 bits per heavy atom. The van der Waals surface area contributed by atoms with Gasteiger partial charge in [0.1, 0.15) is 12.4 Å². The number of para-hydroxylation sites is 1. The van der Waals surface area contributed by atoms with Crippen LogP contribution < -0.4 is 4.74 Å². The Morgan fingerprint density at radius 3 is 2.54 bits per heavy atom. The van der Waals surface area contributed by atoms with Crippen molar-refractivity contribution in [2.45, 2.75) is 33.3 Å². The lowest BCUT2D eigenvalue weighted by Crippen LogP contribution is -2.30. The number of aryl methyl sites for hydroxylation is 1. The number of ether oxygens (including phenoxy) is 1. The largest absolute Gasteiger partial charge is 0.488 e. The Kier molecular flexibility index (Phi) is 8.55. The van der Waals surface area contributed by atoms with Crippen molar-refractivity contribution < 1.29 is 9.53 Å². The van der Waals surface area contributed by atoms with Gasteiger partial charge in [0.15, 0.2) is 5.17 Å². The second-order valence-corrected chi connectivity index (χ2v) is 10.0. The van der Waals surface area contributed by atoms with Crippen LogP contribution in [0.15, 0.2) is 76.6 Å². The van der Waals surface area contributed by atoms with Gasteiger partial charge < -0.3 is 4.74 Å². The van der Waals surface area contributed by atoms with Crippen LogP contribution in [-0.4, -0.2) is 22.5 Å². The summed E-state index contributed by atoms with van der Waals surface area (Å²) < 4.78 is 6.08. The average molecular weight is 526 g/mol. The van der Waals surface area contributed by atoms with Crippen molar-refractivity contribution in [3.8, 4) is 5.75 Å². The third-order valence-electron chi connectivity index (χ3n) is 5.47. The van der Waals surface area contributed by atoms with Crippen LogP contribution in [-0.2, 0) is 11.4 Å². The number of amidine groups is 1. The summed E-state index contributed by atoms with van der Waals surface area (Å²) in [7, 11) is 0. The van der Waals surface area contributed by atoms with Crippen molar-refractivity contribution in [3.63, 3.8) is 0 Å². The molecule has 0 aliphatic carbocycles. The van der Waals surface area contributed by atoms with Gasteiger partial charge in [-0.25, -0.2) is 4.99 Å². The molecule has 0 bridgehead atoms. The normalized spacial score (nSPS) is 15.9. The van der Waals surface area contributed by atoms with E-state index in [2.05, 4.69) is 6.92 Å². The minimum absolute atomic E-state index is 0.0337. The second kappa shape index (κ2) is 11.8. The summed E-state index contributed by atoms with van der Waals surface area (Å²) in [6.07, 6.45) is 3.79. The molecule has 1 aliphatic rings. The molecule has 1 heterocycles. The number of carbonyl (C=O) groups excluding carboxylic acids is 1. The Bertz CT molecular complexity index is 1270. The van der Waals surface area contributed by atoms with Crippen LogP contribution in [0.1, 0.15) is 36.5 Å². The molecule has 4 rings (SSSR count). The SMILES string of the molecule is CCCCN1C(=O)/C(=C\c2ccccc2OCc2ccc(Cl)c(Cl)c2)SC1=Nc1ccc(C)cc1. The van der Waals surface area contributed by atoms with Gasteiger partial charge in [0.05, 0.1) is 20.6 Å². The summed E-state index contributed by atoms with van der Waals surface area (Å²) >= 11 is 13.5. The lowest BCUT2D eigenvalue weighted by Gasteiger charge is -2.14. The standard InChI is InChI=1S/C28H26Cl2N2O2S/c1-3-4-15-32-27(33)26(35-28(32)31-22-12-9-19(2)10-13-22)17-21-7-5-6-8-25(21)34-18-20-11-14-23(29)24(30)16-20/h5-14,16-17H,3-4,15,18H2,1-2H3/b26-17+,31-28?. The van der Waals surface area contributed by atoms with Crippen LogP contribution in [0.5, 0.6) is 5.75 Å². The van der Waals surface area contributed by atoms with Gasteiger partial charge in [-0.05, 0) is 67.1 Å². The Balaban J connectivity index is 1.59. The van der Waals surface area contributed by atoms with E-state index in [9.17, 15) is 4.79 Å². The molecule has 0 radical (unpaired) electrons. The number of amides is 1. The minimum atomic E-state index is -0.0337. The third kappa shape index (κ3) is 6.49. The van der Waals surface area contributed by atoms with Crippen molar-refractivity contribution in [2.24, 2.45) is 4.99 Å². The van der Waals surface area contributed by atoms with Crippen LogP contribution in [0.4, 0.5) is 5.69 Å². The summed E-state index contributed by atoms with van der Waals surface area (Å²) in [4.78, 5) is 20.5.